The van der Waals surface area contributed by atoms with Gasteiger partial charge in [-0.3, -0.25) is 4.79 Å². The highest BCUT2D eigenvalue weighted by Crippen LogP contribution is 2.24. The largest absolute Gasteiger partial charge is 0.484 e. The summed E-state index contributed by atoms with van der Waals surface area (Å²) in [6.07, 6.45) is 3.32. The maximum Gasteiger partial charge on any atom is 0.260 e. The summed E-state index contributed by atoms with van der Waals surface area (Å²) < 4.78 is 11.0. The molecule has 0 aliphatic carbocycles. The van der Waals surface area contributed by atoms with Gasteiger partial charge in [0.25, 0.3) is 11.8 Å². The van der Waals surface area contributed by atoms with Crippen LogP contribution >= 0.6 is 0 Å². The minimum atomic E-state index is 0.0423. The number of aromatic nitrogens is 2. The average molecular weight is 377 g/mol. The summed E-state index contributed by atoms with van der Waals surface area (Å²) in [5.74, 6) is 1.69. The second-order valence-corrected chi connectivity index (χ2v) is 7.03. The lowest BCUT2D eigenvalue weighted by Crippen LogP contribution is -2.44. The molecule has 2 heterocycles. The molecule has 1 aromatic heterocycles. The number of carbonyl (C=O) groups excluding carboxylic acids is 1. The minimum absolute atomic E-state index is 0.0423. The predicted molar refractivity (Wildman–Crippen MR) is 106 cm³/mol. The molecule has 6 heteroatoms. The van der Waals surface area contributed by atoms with Gasteiger partial charge in [-0.1, -0.05) is 35.5 Å². The van der Waals surface area contributed by atoms with Crippen molar-refractivity contribution in [3.05, 3.63) is 54.6 Å². The van der Waals surface area contributed by atoms with Gasteiger partial charge in [-0.2, -0.15) is 4.98 Å². The Hall–Kier alpha value is -3.15. The molecule has 144 valence electrons. The maximum atomic E-state index is 12.4. The number of rotatable bonds is 5. The van der Waals surface area contributed by atoms with Crippen LogP contribution in [-0.4, -0.2) is 40.1 Å². The van der Waals surface area contributed by atoms with Crippen LogP contribution in [0.5, 0.6) is 5.75 Å². The third-order valence-electron chi connectivity index (χ3n) is 5.04. The Morgan fingerprint density at radius 2 is 1.89 bits per heavy atom. The third kappa shape index (κ3) is 4.06. The van der Waals surface area contributed by atoms with E-state index in [1.54, 1.807) is 0 Å². The van der Waals surface area contributed by atoms with E-state index in [0.717, 1.165) is 30.5 Å². The zero-order valence-electron chi connectivity index (χ0n) is 15.9. The summed E-state index contributed by atoms with van der Waals surface area (Å²) in [6, 6.07) is 17.3. The molecule has 1 aliphatic rings. The van der Waals surface area contributed by atoms with Crippen LogP contribution in [0.2, 0.25) is 0 Å². The van der Waals surface area contributed by atoms with Gasteiger partial charge in [0.1, 0.15) is 5.75 Å². The van der Waals surface area contributed by atoms with Crippen molar-refractivity contribution in [3.8, 4) is 28.6 Å². The highest BCUT2D eigenvalue weighted by Gasteiger charge is 2.23. The SMILES string of the molecule is C[C@H]1CCCCN1C(=O)COc1ccc(-c2nc(-c3ccccc3)no2)cc1. The Morgan fingerprint density at radius 1 is 1.11 bits per heavy atom. The number of nitrogens with zero attached hydrogens (tertiary/aromatic N) is 3. The van der Waals surface area contributed by atoms with Crippen LogP contribution in [0, 0.1) is 0 Å². The van der Waals surface area contributed by atoms with Crippen LogP contribution in [0.1, 0.15) is 26.2 Å². The Bertz CT molecular complexity index is 922. The topological polar surface area (TPSA) is 68.5 Å². The summed E-state index contributed by atoms with van der Waals surface area (Å²) >= 11 is 0. The van der Waals surface area contributed by atoms with E-state index in [1.165, 1.54) is 6.42 Å². The van der Waals surface area contributed by atoms with Gasteiger partial charge in [-0.05, 0) is 50.5 Å². The van der Waals surface area contributed by atoms with Gasteiger partial charge in [0.15, 0.2) is 6.61 Å². The highest BCUT2D eigenvalue weighted by molar-refractivity contribution is 5.78. The molecule has 6 nitrogen and oxygen atoms in total. The molecule has 4 rings (SSSR count). The second-order valence-electron chi connectivity index (χ2n) is 7.03. The summed E-state index contributed by atoms with van der Waals surface area (Å²) in [5, 5.41) is 4.04. The lowest BCUT2D eigenvalue weighted by atomic mass is 10.0. The van der Waals surface area contributed by atoms with E-state index in [4.69, 9.17) is 9.26 Å². The third-order valence-corrected chi connectivity index (χ3v) is 5.04. The summed E-state index contributed by atoms with van der Waals surface area (Å²) in [7, 11) is 0. The van der Waals surface area contributed by atoms with E-state index >= 15 is 0 Å². The average Bonchev–Trinajstić information content (AvgIpc) is 3.24. The molecule has 1 aliphatic heterocycles. The monoisotopic (exact) mass is 377 g/mol. The first-order chi connectivity index (χ1) is 13.7. The smallest absolute Gasteiger partial charge is 0.260 e. The van der Waals surface area contributed by atoms with Crippen LogP contribution < -0.4 is 4.74 Å². The molecular weight excluding hydrogens is 354 g/mol. The molecule has 28 heavy (non-hydrogen) atoms. The van der Waals surface area contributed by atoms with Crippen LogP contribution in [0.4, 0.5) is 0 Å². The highest BCUT2D eigenvalue weighted by atomic mass is 16.5. The number of amides is 1. The zero-order valence-corrected chi connectivity index (χ0v) is 15.9. The number of benzene rings is 2. The first kappa shape index (κ1) is 18.2. The molecule has 0 N–H and O–H groups in total. The molecule has 1 fully saturated rings. The lowest BCUT2D eigenvalue weighted by Gasteiger charge is -2.33. The Morgan fingerprint density at radius 3 is 2.64 bits per heavy atom. The van der Waals surface area contributed by atoms with Crippen LogP contribution in [0.25, 0.3) is 22.8 Å². The van der Waals surface area contributed by atoms with E-state index in [-0.39, 0.29) is 12.5 Å². The van der Waals surface area contributed by atoms with Gasteiger partial charge in [0, 0.05) is 23.7 Å². The fourth-order valence-corrected chi connectivity index (χ4v) is 3.44. The Labute approximate surface area is 164 Å². The Kier molecular flexibility index (Phi) is 5.37. The van der Waals surface area contributed by atoms with Gasteiger partial charge in [-0.15, -0.1) is 0 Å². The van der Waals surface area contributed by atoms with Crippen molar-refractivity contribution in [1.82, 2.24) is 15.0 Å². The Balaban J connectivity index is 1.38. The van der Waals surface area contributed by atoms with Crippen LogP contribution in [0.15, 0.2) is 59.1 Å². The predicted octanol–water partition coefficient (Wildman–Crippen LogP) is 4.18. The van der Waals surface area contributed by atoms with Crippen molar-refractivity contribution >= 4 is 5.91 Å². The number of piperidine rings is 1. The molecule has 2 aromatic carbocycles. The quantitative estimate of drug-likeness (QED) is 0.667. The van der Waals surface area contributed by atoms with E-state index in [2.05, 4.69) is 17.1 Å². The van der Waals surface area contributed by atoms with E-state index in [1.807, 2.05) is 59.5 Å². The fourth-order valence-electron chi connectivity index (χ4n) is 3.44. The molecular formula is C22H23N3O3. The van der Waals surface area contributed by atoms with Crippen molar-refractivity contribution < 1.29 is 14.1 Å². The first-order valence-corrected chi connectivity index (χ1v) is 9.62. The van der Waals surface area contributed by atoms with E-state index in [9.17, 15) is 4.79 Å². The van der Waals surface area contributed by atoms with Crippen molar-refractivity contribution in [2.45, 2.75) is 32.2 Å². The zero-order chi connectivity index (χ0) is 19.3. The van der Waals surface area contributed by atoms with Gasteiger partial charge < -0.3 is 14.2 Å². The van der Waals surface area contributed by atoms with Crippen molar-refractivity contribution in [2.24, 2.45) is 0 Å². The lowest BCUT2D eigenvalue weighted by molar-refractivity contribution is -0.136. The molecule has 1 saturated heterocycles. The van der Waals surface area contributed by atoms with Crippen LogP contribution in [0.3, 0.4) is 0 Å². The maximum absolute atomic E-state index is 12.4. The van der Waals surface area contributed by atoms with E-state index in [0.29, 0.717) is 23.5 Å². The van der Waals surface area contributed by atoms with E-state index < -0.39 is 0 Å². The number of hydrogen-bond acceptors (Lipinski definition) is 5. The van der Waals surface area contributed by atoms with Gasteiger partial charge >= 0.3 is 0 Å². The normalized spacial score (nSPS) is 16.8. The van der Waals surface area contributed by atoms with Gasteiger partial charge in [0.2, 0.25) is 5.82 Å². The summed E-state index contributed by atoms with van der Waals surface area (Å²) in [6.45, 7) is 2.98. The molecule has 0 spiro atoms. The number of likely N-dealkylation sites (tertiary alicyclic amines) is 1. The summed E-state index contributed by atoms with van der Waals surface area (Å²) in [4.78, 5) is 18.7. The second kappa shape index (κ2) is 8.25. The molecule has 0 unspecified atom stereocenters. The van der Waals surface area contributed by atoms with Crippen LogP contribution in [-0.2, 0) is 4.79 Å². The van der Waals surface area contributed by atoms with Crippen molar-refractivity contribution in [2.75, 3.05) is 13.2 Å². The number of carbonyl (C=O) groups is 1. The van der Waals surface area contributed by atoms with Crippen molar-refractivity contribution in [1.29, 1.82) is 0 Å². The van der Waals surface area contributed by atoms with Gasteiger partial charge in [-0.25, -0.2) is 0 Å². The van der Waals surface area contributed by atoms with Gasteiger partial charge in [0.05, 0.1) is 0 Å². The molecule has 3 aromatic rings. The number of ether oxygens (including phenoxy) is 1. The first-order valence-electron chi connectivity index (χ1n) is 9.62. The van der Waals surface area contributed by atoms with Crippen molar-refractivity contribution in [3.63, 3.8) is 0 Å². The molecule has 0 bridgehead atoms. The molecule has 1 amide bonds. The molecule has 1 atom stereocenters. The minimum Gasteiger partial charge on any atom is -0.484 e. The standard InChI is InChI=1S/C22H23N3O3/c1-16-7-5-6-14-25(16)20(26)15-27-19-12-10-18(11-13-19)22-23-21(24-28-22)17-8-3-2-4-9-17/h2-4,8-13,16H,5-7,14-15H2,1H3/t16-/m0/s1. The number of hydrogen-bond donors (Lipinski definition) is 0. The fraction of sp³-hybridized carbons (Fsp3) is 0.318. The molecule has 0 saturated carbocycles. The molecule has 0 radical (unpaired) electrons. The summed E-state index contributed by atoms with van der Waals surface area (Å²) in [5.41, 5.74) is 1.71.